The van der Waals surface area contributed by atoms with Gasteiger partial charge in [-0.05, 0) is 31.5 Å². The predicted molar refractivity (Wildman–Crippen MR) is 97.1 cm³/mol. The predicted octanol–water partition coefficient (Wildman–Crippen LogP) is 2.99. The first-order valence-electron chi connectivity index (χ1n) is 7.90. The number of aromatic nitrogens is 4. The van der Waals surface area contributed by atoms with Gasteiger partial charge in [0.25, 0.3) is 0 Å². The van der Waals surface area contributed by atoms with E-state index in [2.05, 4.69) is 31.2 Å². The minimum atomic E-state index is -0.621. The normalized spacial score (nSPS) is 11.1. The van der Waals surface area contributed by atoms with Gasteiger partial charge in [0.15, 0.2) is 0 Å². The van der Waals surface area contributed by atoms with Crippen molar-refractivity contribution in [2.24, 2.45) is 5.73 Å². The lowest BCUT2D eigenvalue weighted by Crippen LogP contribution is -2.12. The zero-order chi connectivity index (χ0) is 19.8. The number of allylic oxidation sites excluding steroid dienone is 5. The molecule has 0 unspecified atom stereocenters. The summed E-state index contributed by atoms with van der Waals surface area (Å²) in [6, 6.07) is 0. The molecule has 10 heteroatoms. The fraction of sp³-hybridized carbons (Fsp3) is 0.375. The summed E-state index contributed by atoms with van der Waals surface area (Å²) < 4.78 is 22.8. The zero-order valence-corrected chi connectivity index (χ0v) is 15.5. The largest absolute Gasteiger partial charge is 0.441 e. The molecule has 0 radical (unpaired) electrons. The maximum Gasteiger partial charge on any atom is 0.441 e. The Kier molecular flexibility index (Phi) is 13.4. The van der Waals surface area contributed by atoms with Crippen molar-refractivity contribution in [1.29, 1.82) is 0 Å². The summed E-state index contributed by atoms with van der Waals surface area (Å²) in [5.41, 5.74) is 6.14. The summed E-state index contributed by atoms with van der Waals surface area (Å²) >= 11 is 5.58. The summed E-state index contributed by atoms with van der Waals surface area (Å²) in [5.74, 6) is -1.24. The van der Waals surface area contributed by atoms with Gasteiger partial charge in [-0.2, -0.15) is 0 Å². The van der Waals surface area contributed by atoms with E-state index in [9.17, 15) is 9.18 Å². The van der Waals surface area contributed by atoms with Crippen LogP contribution < -0.4 is 11.5 Å². The Hall–Kier alpha value is -2.52. The van der Waals surface area contributed by atoms with Crippen molar-refractivity contribution in [2.75, 3.05) is 6.54 Å². The van der Waals surface area contributed by atoms with Crippen molar-refractivity contribution >= 4 is 11.6 Å². The molecule has 2 N–H and O–H groups in total. The molecule has 0 aromatic carbocycles. The van der Waals surface area contributed by atoms with E-state index in [1.54, 1.807) is 6.20 Å². The van der Waals surface area contributed by atoms with Crippen LogP contribution in [0, 0.1) is 0 Å². The number of halogens is 2. The van der Waals surface area contributed by atoms with Gasteiger partial charge in [0.1, 0.15) is 17.8 Å². The fourth-order valence-electron chi connectivity index (χ4n) is 1.38. The second kappa shape index (κ2) is 14.8. The minimum absolute atomic E-state index is 0.0944. The van der Waals surface area contributed by atoms with Crippen molar-refractivity contribution in [1.82, 2.24) is 20.0 Å². The molecular formula is C16H23ClFN5O3. The van der Waals surface area contributed by atoms with Crippen molar-refractivity contribution in [2.45, 2.75) is 33.2 Å². The Morgan fingerprint density at radius 1 is 1.46 bits per heavy atom. The molecule has 2 heterocycles. The van der Waals surface area contributed by atoms with Gasteiger partial charge >= 0.3 is 5.76 Å². The monoisotopic (exact) mass is 387 g/mol. The highest BCUT2D eigenvalue weighted by molar-refractivity contribution is 6.31. The van der Waals surface area contributed by atoms with Crippen LogP contribution in [-0.4, -0.2) is 26.6 Å². The maximum atomic E-state index is 13.0. The van der Waals surface area contributed by atoms with E-state index in [4.69, 9.17) is 17.3 Å². The summed E-state index contributed by atoms with van der Waals surface area (Å²) in [6.45, 7) is 8.11. The molecule has 144 valence electrons. The number of nitrogens with zero attached hydrogens (tertiary/aromatic N) is 4. The van der Waals surface area contributed by atoms with Gasteiger partial charge in [0, 0.05) is 0 Å². The van der Waals surface area contributed by atoms with Crippen LogP contribution in [0.3, 0.4) is 0 Å². The lowest BCUT2D eigenvalue weighted by Gasteiger charge is -1.94. The highest BCUT2D eigenvalue weighted by atomic mass is 35.5. The Morgan fingerprint density at radius 2 is 2.19 bits per heavy atom. The third-order valence-corrected chi connectivity index (χ3v) is 2.89. The number of nitrogens with two attached hydrogens (primary N) is 1. The van der Waals surface area contributed by atoms with Gasteiger partial charge in [0.05, 0.1) is 17.8 Å². The van der Waals surface area contributed by atoms with Crippen LogP contribution in [-0.2, 0) is 13.0 Å². The molecule has 0 spiro atoms. The highest BCUT2D eigenvalue weighted by Gasteiger charge is 2.01. The lowest BCUT2D eigenvalue weighted by molar-refractivity contribution is 0.303. The zero-order valence-electron chi connectivity index (χ0n) is 14.8. The topological polar surface area (TPSA) is 113 Å². The quantitative estimate of drug-likeness (QED) is 0.726. The number of hydrogen-bond acceptors (Lipinski definition) is 7. The van der Waals surface area contributed by atoms with Crippen molar-refractivity contribution in [3.05, 3.63) is 64.4 Å². The summed E-state index contributed by atoms with van der Waals surface area (Å²) in [4.78, 5) is 10.9. The van der Waals surface area contributed by atoms with Gasteiger partial charge in [-0.1, -0.05) is 53.6 Å². The van der Waals surface area contributed by atoms with Crippen molar-refractivity contribution in [3.63, 3.8) is 0 Å². The molecule has 0 saturated heterocycles. The molecule has 0 aliphatic heterocycles. The summed E-state index contributed by atoms with van der Waals surface area (Å²) in [5, 5.41) is 10.2. The van der Waals surface area contributed by atoms with E-state index >= 15 is 0 Å². The van der Waals surface area contributed by atoms with Crippen LogP contribution in [0.15, 0.2) is 62.1 Å². The molecule has 0 atom stereocenters. The molecule has 2 aromatic heterocycles. The smallest absolute Gasteiger partial charge is 0.330 e. The molecule has 0 aliphatic rings. The molecular weight excluding hydrogens is 365 g/mol. The molecule has 0 fully saturated rings. The second-order valence-electron chi connectivity index (χ2n) is 4.32. The average molecular weight is 388 g/mol. The Balaban J connectivity index is 0.000000484. The first-order valence-corrected chi connectivity index (χ1v) is 8.28. The first kappa shape index (κ1) is 23.5. The van der Waals surface area contributed by atoms with Gasteiger partial charge < -0.3 is 5.73 Å². The molecule has 0 bridgehead atoms. The van der Waals surface area contributed by atoms with Gasteiger partial charge in [-0.25, -0.2) is 13.8 Å². The Morgan fingerprint density at radius 3 is 2.69 bits per heavy atom. The Labute approximate surface area is 155 Å². The standard InChI is InChI=1S/C9H8ClFN2O2.C5H9N3O.C2H6/c1-2-3-8(11)7(10)4-5-13-6-12-15-9(13)14;6-3-1-2-5-4-7-9-8-5;1-2/h2-4,6H,1,5H2;4H,1-3,6H2;1-2H3/b7-4+,8-3+;;. The van der Waals surface area contributed by atoms with Crippen LogP contribution >= 0.6 is 11.6 Å². The molecule has 2 rings (SSSR count). The van der Waals surface area contributed by atoms with E-state index in [1.165, 1.54) is 18.5 Å². The maximum absolute atomic E-state index is 13.0. The van der Waals surface area contributed by atoms with E-state index in [0.717, 1.165) is 29.2 Å². The summed E-state index contributed by atoms with van der Waals surface area (Å²) in [6.07, 6.45) is 8.32. The Bertz CT molecular complexity index is 722. The second-order valence-corrected chi connectivity index (χ2v) is 4.73. The SMILES string of the molecule is C=C/C=C(F)\C(Cl)=C/Cn1cnoc1=O.CC.NCCCc1cnon1. The summed E-state index contributed by atoms with van der Waals surface area (Å²) in [7, 11) is 0. The highest BCUT2D eigenvalue weighted by Crippen LogP contribution is 2.15. The van der Waals surface area contributed by atoms with Gasteiger partial charge in [-0.15, -0.1) is 0 Å². The molecule has 0 aliphatic carbocycles. The average Bonchev–Trinajstić information content (AvgIpc) is 3.32. The molecule has 8 nitrogen and oxygen atoms in total. The fourth-order valence-corrected chi connectivity index (χ4v) is 1.52. The van der Waals surface area contributed by atoms with Gasteiger partial charge in [-0.3, -0.25) is 9.09 Å². The molecule has 0 saturated carbocycles. The van der Waals surface area contributed by atoms with Crippen molar-refractivity contribution in [3.8, 4) is 0 Å². The molecule has 0 amide bonds. The van der Waals surface area contributed by atoms with Gasteiger partial charge in [0.2, 0.25) is 0 Å². The van der Waals surface area contributed by atoms with Crippen LogP contribution in [0.25, 0.3) is 0 Å². The number of rotatable bonds is 7. The van der Waals surface area contributed by atoms with Crippen LogP contribution in [0.2, 0.25) is 0 Å². The van der Waals surface area contributed by atoms with Crippen LogP contribution in [0.4, 0.5) is 4.39 Å². The third-order valence-electron chi connectivity index (χ3n) is 2.56. The van der Waals surface area contributed by atoms with E-state index < -0.39 is 11.6 Å². The number of aryl methyl sites for hydroxylation is 1. The van der Waals surface area contributed by atoms with E-state index in [1.807, 2.05) is 13.8 Å². The lowest BCUT2D eigenvalue weighted by atomic mass is 10.2. The minimum Gasteiger partial charge on any atom is -0.330 e. The van der Waals surface area contributed by atoms with E-state index in [-0.39, 0.29) is 11.6 Å². The number of hydrogen-bond donors (Lipinski definition) is 1. The third kappa shape index (κ3) is 9.70. The van der Waals surface area contributed by atoms with Crippen molar-refractivity contribution < 1.29 is 13.5 Å². The first-order chi connectivity index (χ1) is 12.6. The molecule has 26 heavy (non-hydrogen) atoms. The van der Waals surface area contributed by atoms with E-state index in [0.29, 0.717) is 6.54 Å². The van der Waals surface area contributed by atoms with Crippen LogP contribution in [0.1, 0.15) is 26.0 Å². The van der Waals surface area contributed by atoms with Crippen LogP contribution in [0.5, 0.6) is 0 Å². The molecule has 2 aromatic rings.